The smallest absolute Gasteiger partial charge is 0.391 e. The summed E-state index contributed by atoms with van der Waals surface area (Å²) in [5.74, 6) is -0.842. The Kier molecular flexibility index (Phi) is 6.76. The number of hydrogen-bond donors (Lipinski definition) is 2. The second kappa shape index (κ2) is 7.07. The Hall–Kier alpha value is -0.850. The fourth-order valence-corrected chi connectivity index (χ4v) is 1.66. The second-order valence-electron chi connectivity index (χ2n) is 4.12. The Morgan fingerprint density at radius 3 is 2.37 bits per heavy atom. The van der Waals surface area contributed by atoms with E-state index >= 15 is 0 Å². The molecule has 0 aliphatic rings. The number of hydrogen-bond acceptors (Lipinski definition) is 2. The maximum absolute atomic E-state index is 13.5. The minimum absolute atomic E-state index is 0. The zero-order chi connectivity index (χ0) is 13.9. The van der Waals surface area contributed by atoms with Gasteiger partial charge < -0.3 is 10.8 Å². The first kappa shape index (κ1) is 18.1. The highest BCUT2D eigenvalue weighted by molar-refractivity contribution is 5.85. The van der Waals surface area contributed by atoms with Crippen LogP contribution in [0.1, 0.15) is 36.9 Å². The monoisotopic (exact) mass is 301 g/mol. The summed E-state index contributed by atoms with van der Waals surface area (Å²) in [7, 11) is 0. The minimum Gasteiger partial charge on any atom is -0.391 e. The molecule has 0 spiro atoms. The number of alkyl halides is 3. The van der Waals surface area contributed by atoms with E-state index in [1.54, 1.807) is 6.92 Å². The number of nitrogens with two attached hydrogens (primary N) is 1. The van der Waals surface area contributed by atoms with Crippen molar-refractivity contribution in [2.45, 2.75) is 38.1 Å². The Morgan fingerprint density at radius 1 is 1.32 bits per heavy atom. The number of halogens is 5. The van der Waals surface area contributed by atoms with Crippen LogP contribution in [-0.2, 0) is 6.18 Å². The highest BCUT2D eigenvalue weighted by Gasteiger charge is 2.32. The summed E-state index contributed by atoms with van der Waals surface area (Å²) in [5.41, 5.74) is 4.29. The van der Waals surface area contributed by atoms with Gasteiger partial charge in [0.1, 0.15) is 5.82 Å². The third-order valence-corrected chi connectivity index (χ3v) is 2.68. The van der Waals surface area contributed by atoms with Gasteiger partial charge in [0.2, 0.25) is 0 Å². The summed E-state index contributed by atoms with van der Waals surface area (Å²) in [6.07, 6.45) is -4.71. The summed E-state index contributed by atoms with van der Waals surface area (Å²) in [5, 5.41) is 9.62. The molecule has 0 bridgehead atoms. The summed E-state index contributed by atoms with van der Waals surface area (Å²) >= 11 is 0. The van der Waals surface area contributed by atoms with E-state index in [0.717, 1.165) is 6.07 Å². The van der Waals surface area contributed by atoms with E-state index < -0.39 is 29.7 Å². The standard InChI is InChI=1S/C12H15F4NO.ClH/c1-2-3-10(18)11(17)8-6-7(12(14,15)16)4-5-9(8)13;/h4-6,10-11,18H,2-3,17H2,1H3;1H/t10-,11+;/m1./s1. The average molecular weight is 302 g/mol. The molecule has 7 heteroatoms. The van der Waals surface area contributed by atoms with E-state index in [2.05, 4.69) is 0 Å². The molecule has 19 heavy (non-hydrogen) atoms. The average Bonchev–Trinajstić information content (AvgIpc) is 2.27. The van der Waals surface area contributed by atoms with Gasteiger partial charge in [-0.25, -0.2) is 4.39 Å². The van der Waals surface area contributed by atoms with Crippen molar-refractivity contribution in [3.8, 4) is 0 Å². The summed E-state index contributed by atoms with van der Waals surface area (Å²) < 4.78 is 50.9. The molecule has 2 nitrogen and oxygen atoms in total. The lowest BCUT2D eigenvalue weighted by molar-refractivity contribution is -0.137. The Bertz CT molecular complexity index is 411. The Morgan fingerprint density at radius 2 is 1.89 bits per heavy atom. The molecule has 0 saturated heterocycles. The molecule has 0 aliphatic carbocycles. The fraction of sp³-hybridized carbons (Fsp3) is 0.500. The van der Waals surface area contributed by atoms with Crippen LogP contribution < -0.4 is 5.73 Å². The van der Waals surface area contributed by atoms with Gasteiger partial charge >= 0.3 is 6.18 Å². The van der Waals surface area contributed by atoms with Gasteiger partial charge in [0.15, 0.2) is 0 Å². The van der Waals surface area contributed by atoms with Gasteiger partial charge in [-0.1, -0.05) is 13.3 Å². The van der Waals surface area contributed by atoms with Crippen LogP contribution in [0.15, 0.2) is 18.2 Å². The van der Waals surface area contributed by atoms with Crippen molar-refractivity contribution < 1.29 is 22.7 Å². The van der Waals surface area contributed by atoms with Gasteiger partial charge in [0, 0.05) is 5.56 Å². The van der Waals surface area contributed by atoms with Crippen LogP contribution in [0.2, 0.25) is 0 Å². The maximum atomic E-state index is 13.5. The molecule has 110 valence electrons. The van der Waals surface area contributed by atoms with Crippen molar-refractivity contribution in [1.29, 1.82) is 0 Å². The lowest BCUT2D eigenvalue weighted by Gasteiger charge is -2.20. The van der Waals surface area contributed by atoms with Crippen molar-refractivity contribution in [3.05, 3.63) is 35.1 Å². The van der Waals surface area contributed by atoms with Gasteiger partial charge in [0.05, 0.1) is 17.7 Å². The van der Waals surface area contributed by atoms with Crippen molar-refractivity contribution in [3.63, 3.8) is 0 Å². The number of aliphatic hydroxyl groups excluding tert-OH is 1. The van der Waals surface area contributed by atoms with E-state index in [1.165, 1.54) is 0 Å². The first-order chi connectivity index (χ1) is 8.27. The van der Waals surface area contributed by atoms with E-state index in [1.807, 2.05) is 0 Å². The van der Waals surface area contributed by atoms with Crippen LogP contribution in [-0.4, -0.2) is 11.2 Å². The molecule has 0 radical (unpaired) electrons. The zero-order valence-corrected chi connectivity index (χ0v) is 11.1. The van der Waals surface area contributed by atoms with Crippen molar-refractivity contribution in [2.75, 3.05) is 0 Å². The molecule has 0 saturated carbocycles. The molecule has 2 atom stereocenters. The number of aliphatic hydroxyl groups is 1. The fourth-order valence-electron chi connectivity index (χ4n) is 1.66. The predicted octanol–water partition coefficient (Wildman–Crippen LogP) is 3.43. The van der Waals surface area contributed by atoms with Crippen LogP contribution in [0.5, 0.6) is 0 Å². The van der Waals surface area contributed by atoms with Crippen molar-refractivity contribution in [2.24, 2.45) is 5.73 Å². The van der Waals surface area contributed by atoms with Crippen molar-refractivity contribution in [1.82, 2.24) is 0 Å². The summed E-state index contributed by atoms with van der Waals surface area (Å²) in [4.78, 5) is 0. The molecule has 0 amide bonds. The van der Waals surface area contributed by atoms with Crippen LogP contribution in [0.4, 0.5) is 17.6 Å². The van der Waals surface area contributed by atoms with Gasteiger partial charge in [0.25, 0.3) is 0 Å². The van der Waals surface area contributed by atoms with Crippen LogP contribution >= 0.6 is 12.4 Å². The molecule has 3 N–H and O–H groups in total. The van der Waals surface area contributed by atoms with Gasteiger partial charge in [-0.3, -0.25) is 0 Å². The molecule has 1 rings (SSSR count). The second-order valence-corrected chi connectivity index (χ2v) is 4.12. The van der Waals surface area contributed by atoms with Crippen LogP contribution in [0.3, 0.4) is 0 Å². The Labute approximate surface area is 115 Å². The first-order valence-electron chi connectivity index (χ1n) is 5.57. The molecule has 0 aromatic heterocycles. The summed E-state index contributed by atoms with van der Waals surface area (Å²) in [6, 6.07) is 0.861. The van der Waals surface area contributed by atoms with E-state index in [4.69, 9.17) is 5.73 Å². The zero-order valence-electron chi connectivity index (χ0n) is 10.2. The lowest BCUT2D eigenvalue weighted by Crippen LogP contribution is -2.27. The summed E-state index contributed by atoms with van der Waals surface area (Å²) in [6.45, 7) is 1.79. The van der Waals surface area contributed by atoms with E-state index in [-0.39, 0.29) is 18.0 Å². The largest absolute Gasteiger partial charge is 0.416 e. The molecule has 0 heterocycles. The lowest BCUT2D eigenvalue weighted by atomic mass is 9.97. The molecule has 0 fully saturated rings. The third-order valence-electron chi connectivity index (χ3n) is 2.68. The molecule has 0 unspecified atom stereocenters. The Balaban J connectivity index is 0.00000324. The SMILES string of the molecule is CCC[C@@H](O)[C@@H](N)c1cc(C(F)(F)F)ccc1F.Cl. The quantitative estimate of drug-likeness (QED) is 0.837. The molecule has 0 aliphatic heterocycles. The van der Waals surface area contributed by atoms with E-state index in [9.17, 15) is 22.7 Å². The van der Waals surface area contributed by atoms with Gasteiger partial charge in [-0.05, 0) is 24.6 Å². The molecule has 1 aromatic carbocycles. The molecular formula is C12H16ClF4NO. The third kappa shape index (κ3) is 4.63. The van der Waals surface area contributed by atoms with Crippen LogP contribution in [0, 0.1) is 5.82 Å². The van der Waals surface area contributed by atoms with Gasteiger partial charge in [-0.15, -0.1) is 12.4 Å². The number of rotatable bonds is 4. The van der Waals surface area contributed by atoms with Gasteiger partial charge in [-0.2, -0.15) is 13.2 Å². The maximum Gasteiger partial charge on any atom is 0.416 e. The molecule has 1 aromatic rings. The topological polar surface area (TPSA) is 46.2 Å². The molecular weight excluding hydrogens is 286 g/mol. The van der Waals surface area contributed by atoms with Crippen LogP contribution in [0.25, 0.3) is 0 Å². The number of benzene rings is 1. The minimum atomic E-state index is -4.56. The highest BCUT2D eigenvalue weighted by Crippen LogP contribution is 2.32. The predicted molar refractivity (Wildman–Crippen MR) is 66.5 cm³/mol. The normalized spacial score (nSPS) is 14.7. The first-order valence-corrected chi connectivity index (χ1v) is 5.57. The highest BCUT2D eigenvalue weighted by atomic mass is 35.5. The van der Waals surface area contributed by atoms with E-state index in [0.29, 0.717) is 25.0 Å². The van der Waals surface area contributed by atoms with Crippen molar-refractivity contribution >= 4 is 12.4 Å².